The Morgan fingerprint density at radius 1 is 1.25 bits per heavy atom. The molecule has 0 unspecified atom stereocenters. The first-order chi connectivity index (χ1) is 9.54. The van der Waals surface area contributed by atoms with E-state index >= 15 is 0 Å². The topological polar surface area (TPSA) is 71.1 Å². The fraction of sp³-hybridized carbons (Fsp3) is 0.154. The van der Waals surface area contributed by atoms with Crippen LogP contribution in [-0.2, 0) is 16.4 Å². The molecule has 0 saturated heterocycles. The Morgan fingerprint density at radius 2 is 2.10 bits per heavy atom. The first-order valence-corrected chi connectivity index (χ1v) is 7.92. The molecule has 2 N–H and O–H groups in total. The Labute approximate surface area is 122 Å². The maximum absolute atomic E-state index is 12.3. The van der Waals surface area contributed by atoms with Crippen LogP contribution in [-0.4, -0.2) is 19.9 Å². The highest BCUT2D eigenvalue weighted by atomic mass is 35.5. The zero-order valence-corrected chi connectivity index (χ0v) is 12.0. The number of halogens is 1. The summed E-state index contributed by atoms with van der Waals surface area (Å²) in [5, 5.41) is 3.65. The first kappa shape index (κ1) is 13.2. The van der Waals surface area contributed by atoms with Gasteiger partial charge in [-0.25, -0.2) is 13.4 Å². The number of anilines is 2. The largest absolute Gasteiger partial charge is 0.384 e. The van der Waals surface area contributed by atoms with E-state index in [1.54, 1.807) is 24.3 Å². The molecule has 3 rings (SSSR count). The molecular weight excluding hydrogens is 298 g/mol. The molecule has 1 aromatic heterocycles. The number of pyridine rings is 1. The lowest BCUT2D eigenvalue weighted by Crippen LogP contribution is -2.14. The zero-order chi connectivity index (χ0) is 14.2. The number of rotatable bonds is 3. The van der Waals surface area contributed by atoms with Crippen molar-refractivity contribution in [2.75, 3.05) is 16.6 Å². The normalized spacial score (nSPS) is 13.7. The van der Waals surface area contributed by atoms with Crippen molar-refractivity contribution in [1.29, 1.82) is 0 Å². The minimum Gasteiger partial charge on any atom is -0.384 e. The van der Waals surface area contributed by atoms with Crippen LogP contribution in [0.25, 0.3) is 0 Å². The number of nitrogens with one attached hydrogen (secondary N) is 2. The van der Waals surface area contributed by atoms with Gasteiger partial charge in [-0.3, -0.25) is 4.72 Å². The van der Waals surface area contributed by atoms with Crippen molar-refractivity contribution in [1.82, 2.24) is 4.98 Å². The van der Waals surface area contributed by atoms with Crippen molar-refractivity contribution in [3.8, 4) is 0 Å². The van der Waals surface area contributed by atoms with E-state index in [-0.39, 0.29) is 10.7 Å². The Bertz CT molecular complexity index is 745. The van der Waals surface area contributed by atoms with E-state index in [0.29, 0.717) is 5.02 Å². The van der Waals surface area contributed by atoms with Crippen molar-refractivity contribution in [3.63, 3.8) is 0 Å². The number of fused-ring (bicyclic) bond motifs is 1. The van der Waals surface area contributed by atoms with Crippen LogP contribution in [0.3, 0.4) is 0 Å². The molecule has 1 aliphatic heterocycles. The van der Waals surface area contributed by atoms with Gasteiger partial charge >= 0.3 is 0 Å². The summed E-state index contributed by atoms with van der Waals surface area (Å²) < 4.78 is 27.0. The highest BCUT2D eigenvalue weighted by Crippen LogP contribution is 2.26. The van der Waals surface area contributed by atoms with Gasteiger partial charge in [-0.05, 0) is 42.3 Å². The molecule has 0 spiro atoms. The van der Waals surface area contributed by atoms with E-state index in [0.717, 1.165) is 24.2 Å². The van der Waals surface area contributed by atoms with Gasteiger partial charge in [0.05, 0.1) is 9.92 Å². The lowest BCUT2D eigenvalue weighted by molar-refractivity contribution is 0.601. The third-order valence-electron chi connectivity index (χ3n) is 3.06. The zero-order valence-electron chi connectivity index (χ0n) is 10.4. The fourth-order valence-electron chi connectivity index (χ4n) is 2.08. The standard InChI is InChI=1S/C13H12ClN3O2S/c14-10-1-4-13(16-8-10)17-20(18,19)11-2-3-12-9(7-11)5-6-15-12/h1-4,7-8,15H,5-6H2,(H,16,17). The van der Waals surface area contributed by atoms with Crippen molar-refractivity contribution in [2.45, 2.75) is 11.3 Å². The number of sulfonamides is 1. The second-order valence-corrected chi connectivity index (χ2v) is 6.58. The monoisotopic (exact) mass is 309 g/mol. The van der Waals surface area contributed by atoms with Crippen LogP contribution in [0.2, 0.25) is 5.02 Å². The van der Waals surface area contributed by atoms with Gasteiger partial charge < -0.3 is 5.32 Å². The van der Waals surface area contributed by atoms with Crippen LogP contribution in [0.15, 0.2) is 41.4 Å². The number of hydrogen-bond donors (Lipinski definition) is 2. The maximum atomic E-state index is 12.3. The van der Waals surface area contributed by atoms with Gasteiger partial charge in [0.1, 0.15) is 5.82 Å². The summed E-state index contributed by atoms with van der Waals surface area (Å²) in [6.45, 7) is 0.838. The molecule has 5 nitrogen and oxygen atoms in total. The smallest absolute Gasteiger partial charge is 0.263 e. The third-order valence-corrected chi connectivity index (χ3v) is 4.64. The quantitative estimate of drug-likeness (QED) is 0.914. The van der Waals surface area contributed by atoms with Crippen molar-refractivity contribution >= 4 is 33.1 Å². The Kier molecular flexibility index (Phi) is 3.27. The van der Waals surface area contributed by atoms with E-state index in [1.807, 2.05) is 0 Å². The molecule has 20 heavy (non-hydrogen) atoms. The Balaban J connectivity index is 1.90. The molecule has 0 bridgehead atoms. The van der Waals surface area contributed by atoms with Gasteiger partial charge in [0.25, 0.3) is 10.0 Å². The molecule has 0 radical (unpaired) electrons. The molecular formula is C13H12ClN3O2S. The highest BCUT2D eigenvalue weighted by molar-refractivity contribution is 7.92. The molecule has 0 atom stereocenters. The van der Waals surface area contributed by atoms with E-state index in [1.165, 1.54) is 12.3 Å². The minimum atomic E-state index is -3.63. The molecule has 0 amide bonds. The third kappa shape index (κ3) is 2.57. The van der Waals surface area contributed by atoms with Gasteiger partial charge in [-0.1, -0.05) is 11.6 Å². The molecule has 1 aromatic carbocycles. The Hall–Kier alpha value is -1.79. The van der Waals surface area contributed by atoms with Crippen LogP contribution in [0, 0.1) is 0 Å². The molecule has 2 heterocycles. The second-order valence-electron chi connectivity index (χ2n) is 4.46. The van der Waals surface area contributed by atoms with Crippen molar-refractivity contribution < 1.29 is 8.42 Å². The SMILES string of the molecule is O=S(=O)(Nc1ccc(Cl)cn1)c1ccc2c(c1)CCN2. The van der Waals surface area contributed by atoms with Gasteiger partial charge in [0, 0.05) is 18.4 Å². The van der Waals surface area contributed by atoms with Gasteiger partial charge in [-0.15, -0.1) is 0 Å². The van der Waals surface area contributed by atoms with Gasteiger partial charge in [0.2, 0.25) is 0 Å². The fourth-order valence-corrected chi connectivity index (χ4v) is 3.25. The highest BCUT2D eigenvalue weighted by Gasteiger charge is 2.18. The lowest BCUT2D eigenvalue weighted by Gasteiger charge is -2.08. The number of hydrogen-bond acceptors (Lipinski definition) is 4. The van der Waals surface area contributed by atoms with Crippen LogP contribution in [0.1, 0.15) is 5.56 Å². The van der Waals surface area contributed by atoms with E-state index in [9.17, 15) is 8.42 Å². The molecule has 0 saturated carbocycles. The lowest BCUT2D eigenvalue weighted by atomic mass is 10.2. The molecule has 104 valence electrons. The average Bonchev–Trinajstić information content (AvgIpc) is 2.88. The summed E-state index contributed by atoms with van der Waals surface area (Å²) in [4.78, 5) is 4.16. The minimum absolute atomic E-state index is 0.233. The predicted octanol–water partition coefficient (Wildman–Crippen LogP) is 2.50. The van der Waals surface area contributed by atoms with E-state index in [2.05, 4.69) is 15.0 Å². The number of aromatic nitrogens is 1. The number of benzene rings is 1. The first-order valence-electron chi connectivity index (χ1n) is 6.06. The van der Waals surface area contributed by atoms with Crippen LogP contribution < -0.4 is 10.0 Å². The summed E-state index contributed by atoms with van der Waals surface area (Å²) in [6, 6.07) is 8.16. The Morgan fingerprint density at radius 3 is 2.85 bits per heavy atom. The van der Waals surface area contributed by atoms with Crippen LogP contribution in [0.5, 0.6) is 0 Å². The average molecular weight is 310 g/mol. The summed E-state index contributed by atoms with van der Waals surface area (Å²) in [5.41, 5.74) is 2.01. The molecule has 7 heteroatoms. The second kappa shape index (κ2) is 4.96. The molecule has 0 aliphatic carbocycles. The van der Waals surface area contributed by atoms with Gasteiger partial charge in [0.15, 0.2) is 0 Å². The number of nitrogens with zero attached hydrogens (tertiary/aromatic N) is 1. The molecule has 0 fully saturated rings. The summed E-state index contributed by atoms with van der Waals surface area (Å²) >= 11 is 5.72. The predicted molar refractivity (Wildman–Crippen MR) is 78.7 cm³/mol. The van der Waals surface area contributed by atoms with Crippen molar-refractivity contribution in [3.05, 3.63) is 47.1 Å². The molecule has 2 aromatic rings. The van der Waals surface area contributed by atoms with E-state index in [4.69, 9.17) is 11.6 Å². The maximum Gasteiger partial charge on any atom is 0.263 e. The summed E-state index contributed by atoms with van der Waals surface area (Å²) in [7, 11) is -3.63. The van der Waals surface area contributed by atoms with Crippen LogP contribution in [0.4, 0.5) is 11.5 Å². The summed E-state index contributed by atoms with van der Waals surface area (Å²) in [6.07, 6.45) is 2.23. The summed E-state index contributed by atoms with van der Waals surface area (Å²) in [5.74, 6) is 0.244. The van der Waals surface area contributed by atoms with Crippen molar-refractivity contribution in [2.24, 2.45) is 0 Å². The molecule has 1 aliphatic rings. The van der Waals surface area contributed by atoms with Crippen LogP contribution >= 0.6 is 11.6 Å². The van der Waals surface area contributed by atoms with Gasteiger partial charge in [-0.2, -0.15) is 0 Å². The van der Waals surface area contributed by atoms with E-state index < -0.39 is 10.0 Å².